The van der Waals surface area contributed by atoms with E-state index in [9.17, 15) is 13.9 Å². The Labute approximate surface area is 118 Å². The van der Waals surface area contributed by atoms with E-state index in [1.807, 2.05) is 0 Å². The topological polar surface area (TPSA) is 32.3 Å². The van der Waals surface area contributed by atoms with Gasteiger partial charge in [-0.1, -0.05) is 18.2 Å². The van der Waals surface area contributed by atoms with E-state index in [0.29, 0.717) is 5.56 Å². The summed E-state index contributed by atoms with van der Waals surface area (Å²) in [4.78, 5) is 0. The van der Waals surface area contributed by atoms with E-state index in [4.69, 9.17) is 0 Å². The molecule has 0 bridgehead atoms. The van der Waals surface area contributed by atoms with Gasteiger partial charge in [-0.3, -0.25) is 0 Å². The van der Waals surface area contributed by atoms with Gasteiger partial charge in [0, 0.05) is 11.6 Å². The maximum atomic E-state index is 13.7. The Morgan fingerprint density at radius 3 is 2.53 bits per heavy atom. The molecule has 100 valence electrons. The van der Waals surface area contributed by atoms with Crippen LogP contribution in [0.2, 0.25) is 0 Å². The van der Waals surface area contributed by atoms with Gasteiger partial charge in [0.05, 0.1) is 16.2 Å². The van der Waals surface area contributed by atoms with Crippen LogP contribution < -0.4 is 5.32 Å². The Balaban J connectivity index is 2.27. The van der Waals surface area contributed by atoms with Crippen LogP contribution in [0.1, 0.15) is 18.5 Å². The fraction of sp³-hybridized carbons (Fsp3) is 0.143. The van der Waals surface area contributed by atoms with E-state index >= 15 is 0 Å². The number of phenols is 1. The van der Waals surface area contributed by atoms with E-state index in [-0.39, 0.29) is 22.0 Å². The van der Waals surface area contributed by atoms with Crippen molar-refractivity contribution in [2.45, 2.75) is 13.0 Å². The second-order valence-electron chi connectivity index (χ2n) is 4.17. The minimum atomic E-state index is -0.560. The maximum absolute atomic E-state index is 13.7. The molecule has 19 heavy (non-hydrogen) atoms. The molecule has 0 fully saturated rings. The largest absolute Gasteiger partial charge is 0.508 e. The lowest BCUT2D eigenvalue weighted by Gasteiger charge is -2.17. The molecular weight excluding hydrogens is 316 g/mol. The second-order valence-corrected chi connectivity index (χ2v) is 5.03. The minimum absolute atomic E-state index is 0.0523. The van der Waals surface area contributed by atoms with E-state index in [1.54, 1.807) is 31.2 Å². The van der Waals surface area contributed by atoms with Crippen LogP contribution in [0.25, 0.3) is 0 Å². The van der Waals surface area contributed by atoms with Gasteiger partial charge >= 0.3 is 0 Å². The summed E-state index contributed by atoms with van der Waals surface area (Å²) < 4.78 is 27.1. The molecule has 0 saturated carbocycles. The van der Waals surface area contributed by atoms with Crippen LogP contribution in [0.15, 0.2) is 40.9 Å². The average molecular weight is 328 g/mol. The molecule has 0 aliphatic rings. The van der Waals surface area contributed by atoms with Gasteiger partial charge in [-0.15, -0.1) is 0 Å². The standard InChI is InChI=1S/C14H12BrF2NO/c1-8(9-4-2-3-5-14(9)19)18-13-7-11(16)10(15)6-12(13)17/h2-8,18-19H,1H3. The van der Waals surface area contributed by atoms with Gasteiger partial charge in [0.25, 0.3) is 0 Å². The van der Waals surface area contributed by atoms with Crippen LogP contribution >= 0.6 is 15.9 Å². The first kappa shape index (κ1) is 13.8. The van der Waals surface area contributed by atoms with Crippen LogP contribution in [0.3, 0.4) is 0 Å². The molecule has 0 amide bonds. The highest BCUT2D eigenvalue weighted by molar-refractivity contribution is 9.10. The van der Waals surface area contributed by atoms with Crippen molar-refractivity contribution in [3.05, 3.63) is 58.1 Å². The molecule has 0 spiro atoms. The van der Waals surface area contributed by atoms with Crippen LogP contribution in [0.4, 0.5) is 14.5 Å². The monoisotopic (exact) mass is 327 g/mol. The minimum Gasteiger partial charge on any atom is -0.508 e. The zero-order chi connectivity index (χ0) is 14.0. The molecule has 0 heterocycles. The lowest BCUT2D eigenvalue weighted by atomic mass is 10.1. The van der Waals surface area contributed by atoms with Crippen LogP contribution in [0, 0.1) is 11.6 Å². The number of para-hydroxylation sites is 1. The van der Waals surface area contributed by atoms with Crippen molar-refractivity contribution in [2.24, 2.45) is 0 Å². The van der Waals surface area contributed by atoms with E-state index in [1.165, 1.54) is 0 Å². The maximum Gasteiger partial charge on any atom is 0.147 e. The van der Waals surface area contributed by atoms with E-state index in [2.05, 4.69) is 21.2 Å². The quantitative estimate of drug-likeness (QED) is 0.807. The van der Waals surface area contributed by atoms with Gasteiger partial charge in [-0.05, 0) is 35.0 Å². The third kappa shape index (κ3) is 3.04. The van der Waals surface area contributed by atoms with Crippen molar-refractivity contribution in [1.29, 1.82) is 0 Å². The number of phenolic OH excluding ortho intramolecular Hbond substituents is 1. The first-order valence-corrected chi connectivity index (χ1v) is 6.47. The second kappa shape index (κ2) is 5.57. The summed E-state index contributed by atoms with van der Waals surface area (Å²) in [5, 5.41) is 12.6. The molecule has 2 N–H and O–H groups in total. The third-order valence-corrected chi connectivity index (χ3v) is 3.39. The summed E-state index contributed by atoms with van der Waals surface area (Å²) in [6, 6.07) is 8.53. The molecule has 2 rings (SSSR count). The normalized spacial score (nSPS) is 12.2. The molecule has 1 atom stereocenters. The summed E-state index contributed by atoms with van der Waals surface area (Å²) in [5.74, 6) is -0.996. The lowest BCUT2D eigenvalue weighted by molar-refractivity contribution is 0.465. The van der Waals surface area contributed by atoms with Crippen molar-refractivity contribution in [3.63, 3.8) is 0 Å². The highest BCUT2D eigenvalue weighted by Crippen LogP contribution is 2.29. The Kier molecular flexibility index (Phi) is 4.04. The fourth-order valence-corrected chi connectivity index (χ4v) is 2.11. The van der Waals surface area contributed by atoms with Crippen molar-refractivity contribution in [2.75, 3.05) is 5.32 Å². The summed E-state index contributed by atoms with van der Waals surface area (Å²) in [6.45, 7) is 1.76. The van der Waals surface area contributed by atoms with Crippen molar-refractivity contribution >= 4 is 21.6 Å². The Bertz CT molecular complexity index is 604. The highest BCUT2D eigenvalue weighted by Gasteiger charge is 2.13. The Morgan fingerprint density at radius 2 is 1.84 bits per heavy atom. The van der Waals surface area contributed by atoms with Crippen molar-refractivity contribution in [3.8, 4) is 5.75 Å². The van der Waals surface area contributed by atoms with Crippen molar-refractivity contribution in [1.82, 2.24) is 0 Å². The fourth-order valence-electron chi connectivity index (χ4n) is 1.80. The van der Waals surface area contributed by atoms with Gasteiger partial charge in [0.1, 0.15) is 17.4 Å². The van der Waals surface area contributed by atoms with E-state index in [0.717, 1.165) is 12.1 Å². The predicted octanol–water partition coefficient (Wildman–Crippen LogP) is 4.61. The number of benzene rings is 2. The summed E-state index contributed by atoms with van der Waals surface area (Å²) in [5.41, 5.74) is 0.668. The molecule has 2 aromatic carbocycles. The van der Waals surface area contributed by atoms with Crippen LogP contribution in [-0.2, 0) is 0 Å². The molecule has 5 heteroatoms. The zero-order valence-electron chi connectivity index (χ0n) is 10.1. The zero-order valence-corrected chi connectivity index (χ0v) is 11.7. The molecule has 0 aromatic heterocycles. The third-order valence-electron chi connectivity index (χ3n) is 2.79. The first-order chi connectivity index (χ1) is 8.99. The summed E-state index contributed by atoms with van der Waals surface area (Å²) in [7, 11) is 0. The molecule has 0 aliphatic carbocycles. The van der Waals surface area contributed by atoms with Crippen LogP contribution in [0.5, 0.6) is 5.75 Å². The molecule has 0 aliphatic heterocycles. The lowest BCUT2D eigenvalue weighted by Crippen LogP contribution is -2.08. The van der Waals surface area contributed by atoms with E-state index < -0.39 is 11.6 Å². The van der Waals surface area contributed by atoms with Crippen LogP contribution in [-0.4, -0.2) is 5.11 Å². The first-order valence-electron chi connectivity index (χ1n) is 5.68. The van der Waals surface area contributed by atoms with Gasteiger partial charge < -0.3 is 10.4 Å². The Morgan fingerprint density at radius 1 is 1.16 bits per heavy atom. The molecular formula is C14H12BrF2NO. The average Bonchev–Trinajstić information content (AvgIpc) is 2.36. The summed E-state index contributed by atoms with van der Waals surface area (Å²) >= 11 is 2.92. The van der Waals surface area contributed by atoms with Crippen molar-refractivity contribution < 1.29 is 13.9 Å². The number of aromatic hydroxyl groups is 1. The number of hydrogen-bond donors (Lipinski definition) is 2. The number of anilines is 1. The summed E-state index contributed by atoms with van der Waals surface area (Å²) in [6.07, 6.45) is 0. The highest BCUT2D eigenvalue weighted by atomic mass is 79.9. The molecule has 1 unspecified atom stereocenters. The number of halogens is 3. The smallest absolute Gasteiger partial charge is 0.147 e. The van der Waals surface area contributed by atoms with Gasteiger partial charge in [-0.25, -0.2) is 8.78 Å². The van der Waals surface area contributed by atoms with Gasteiger partial charge in [0.2, 0.25) is 0 Å². The molecule has 2 nitrogen and oxygen atoms in total. The number of rotatable bonds is 3. The Hall–Kier alpha value is -1.62. The SMILES string of the molecule is CC(Nc1cc(F)c(Br)cc1F)c1ccccc1O. The predicted molar refractivity (Wildman–Crippen MR) is 74.2 cm³/mol. The molecule has 2 aromatic rings. The van der Waals surface area contributed by atoms with Gasteiger partial charge in [-0.2, -0.15) is 0 Å². The molecule has 0 saturated heterocycles. The molecule has 0 radical (unpaired) electrons. The number of hydrogen-bond acceptors (Lipinski definition) is 2. The van der Waals surface area contributed by atoms with Gasteiger partial charge in [0.15, 0.2) is 0 Å². The number of nitrogens with one attached hydrogen (secondary N) is 1.